The number of carbonyl (C=O) groups is 1. The summed E-state index contributed by atoms with van der Waals surface area (Å²) in [4.78, 5) is 11.9. The summed E-state index contributed by atoms with van der Waals surface area (Å²) in [6.07, 6.45) is 4.95. The molecule has 15 heavy (non-hydrogen) atoms. The van der Waals surface area contributed by atoms with Crippen LogP contribution in [0.25, 0.3) is 0 Å². The first kappa shape index (κ1) is 10.9. The molecule has 2 saturated carbocycles. The van der Waals surface area contributed by atoms with Gasteiger partial charge in [0.15, 0.2) is 0 Å². The van der Waals surface area contributed by atoms with Crippen LogP contribution in [0.2, 0.25) is 0 Å². The third kappa shape index (κ3) is 2.51. The van der Waals surface area contributed by atoms with Crippen molar-refractivity contribution in [2.24, 2.45) is 11.8 Å². The van der Waals surface area contributed by atoms with Gasteiger partial charge in [0, 0.05) is 0 Å². The molecule has 0 bridgehead atoms. The molecule has 1 atom stereocenters. The van der Waals surface area contributed by atoms with E-state index in [9.17, 15) is 4.79 Å². The second-order valence-electron chi connectivity index (χ2n) is 5.02. The Morgan fingerprint density at radius 3 is 2.53 bits per heavy atom. The number of hydrogen-bond donors (Lipinski definition) is 1. The molecule has 3 nitrogen and oxygen atoms in total. The second-order valence-corrected chi connectivity index (χ2v) is 5.02. The summed E-state index contributed by atoms with van der Waals surface area (Å²) in [6, 6.07) is 0. The quantitative estimate of drug-likeness (QED) is 0.680. The van der Waals surface area contributed by atoms with E-state index in [4.69, 9.17) is 4.74 Å². The Kier molecular flexibility index (Phi) is 3.01. The van der Waals surface area contributed by atoms with E-state index in [1.165, 1.54) is 12.8 Å². The predicted molar refractivity (Wildman–Crippen MR) is 58.5 cm³/mol. The molecular formula is C12H21NO2. The number of ether oxygens (including phenoxy) is 1. The van der Waals surface area contributed by atoms with Gasteiger partial charge >= 0.3 is 5.97 Å². The van der Waals surface area contributed by atoms with Gasteiger partial charge in [-0.3, -0.25) is 4.79 Å². The summed E-state index contributed by atoms with van der Waals surface area (Å²) in [5, 5.41) is 3.43. The number of hydrogen-bond acceptors (Lipinski definition) is 3. The van der Waals surface area contributed by atoms with E-state index in [2.05, 4.69) is 5.32 Å². The first-order valence-corrected chi connectivity index (χ1v) is 6.09. The lowest BCUT2D eigenvalue weighted by molar-refractivity contribution is -0.151. The fourth-order valence-corrected chi connectivity index (χ4v) is 2.00. The van der Waals surface area contributed by atoms with Crippen LogP contribution in [0, 0.1) is 11.8 Å². The first-order valence-electron chi connectivity index (χ1n) is 6.09. The van der Waals surface area contributed by atoms with Crippen molar-refractivity contribution >= 4 is 5.97 Å². The maximum absolute atomic E-state index is 11.9. The zero-order valence-corrected chi connectivity index (χ0v) is 9.71. The van der Waals surface area contributed by atoms with Crippen molar-refractivity contribution in [2.75, 3.05) is 13.2 Å². The molecule has 1 unspecified atom stereocenters. The highest BCUT2D eigenvalue weighted by Crippen LogP contribution is 2.41. The lowest BCUT2D eigenvalue weighted by Gasteiger charge is -2.28. The van der Waals surface area contributed by atoms with Crippen molar-refractivity contribution in [1.29, 1.82) is 0 Å². The lowest BCUT2D eigenvalue weighted by Crippen LogP contribution is -2.53. The zero-order valence-electron chi connectivity index (χ0n) is 9.71. The van der Waals surface area contributed by atoms with Crippen LogP contribution in [0.5, 0.6) is 0 Å². The zero-order chi connectivity index (χ0) is 10.9. The van der Waals surface area contributed by atoms with Crippen LogP contribution in [0.1, 0.15) is 39.5 Å². The van der Waals surface area contributed by atoms with Crippen molar-refractivity contribution in [3.8, 4) is 0 Å². The number of esters is 1. The molecular weight excluding hydrogens is 190 g/mol. The molecule has 0 heterocycles. The minimum Gasteiger partial charge on any atom is -0.465 e. The highest BCUT2D eigenvalue weighted by Gasteiger charge is 2.48. The average Bonchev–Trinajstić information content (AvgIpc) is 3.04. The number of carbonyl (C=O) groups excluding carboxylic acids is 1. The van der Waals surface area contributed by atoms with Crippen LogP contribution >= 0.6 is 0 Å². The molecule has 2 aliphatic carbocycles. The van der Waals surface area contributed by atoms with E-state index in [0.29, 0.717) is 12.5 Å². The second kappa shape index (κ2) is 4.12. The molecule has 0 aromatic rings. The third-order valence-corrected chi connectivity index (χ3v) is 3.55. The van der Waals surface area contributed by atoms with Gasteiger partial charge in [0.05, 0.1) is 6.61 Å². The summed E-state index contributed by atoms with van der Waals surface area (Å²) in [6.45, 7) is 5.33. The maximum Gasteiger partial charge on any atom is 0.326 e. The fourth-order valence-electron chi connectivity index (χ4n) is 2.00. The highest BCUT2D eigenvalue weighted by atomic mass is 16.5. The molecule has 0 saturated heterocycles. The highest BCUT2D eigenvalue weighted by molar-refractivity contribution is 5.81. The van der Waals surface area contributed by atoms with Crippen LogP contribution in [-0.4, -0.2) is 24.7 Å². The fraction of sp³-hybridized carbons (Fsp3) is 0.917. The van der Waals surface area contributed by atoms with Crippen LogP contribution in [0.3, 0.4) is 0 Å². The summed E-state index contributed by atoms with van der Waals surface area (Å²) in [7, 11) is 0. The number of rotatable bonds is 6. The SMILES string of the molecule is CCOC(=O)C(C)(NCC1CC1)C1CC1. The standard InChI is InChI=1S/C12H21NO2/c1-3-15-11(14)12(2,10-6-7-10)13-8-9-4-5-9/h9-10,13H,3-8H2,1-2H3. The van der Waals surface area contributed by atoms with Gasteiger partial charge in [0.1, 0.15) is 5.54 Å². The van der Waals surface area contributed by atoms with E-state index < -0.39 is 5.54 Å². The van der Waals surface area contributed by atoms with Gasteiger partial charge in [-0.15, -0.1) is 0 Å². The topological polar surface area (TPSA) is 38.3 Å². The van der Waals surface area contributed by atoms with Crippen LogP contribution in [-0.2, 0) is 9.53 Å². The smallest absolute Gasteiger partial charge is 0.326 e. The molecule has 3 heteroatoms. The van der Waals surface area contributed by atoms with E-state index in [1.54, 1.807) is 0 Å². The summed E-state index contributed by atoms with van der Waals surface area (Å²) < 4.78 is 5.16. The minimum absolute atomic E-state index is 0.0619. The van der Waals surface area contributed by atoms with E-state index in [0.717, 1.165) is 25.3 Å². The molecule has 0 amide bonds. The molecule has 2 fully saturated rings. The molecule has 0 aliphatic heterocycles. The van der Waals surface area contributed by atoms with E-state index in [-0.39, 0.29) is 5.97 Å². The van der Waals surface area contributed by atoms with Crippen molar-refractivity contribution in [1.82, 2.24) is 5.32 Å². The molecule has 0 aromatic heterocycles. The normalized spacial score (nSPS) is 24.7. The molecule has 0 aromatic carbocycles. The monoisotopic (exact) mass is 211 g/mol. The van der Waals surface area contributed by atoms with Gasteiger partial charge in [0.25, 0.3) is 0 Å². The molecule has 0 radical (unpaired) electrons. The average molecular weight is 211 g/mol. The van der Waals surface area contributed by atoms with Crippen LogP contribution in [0.15, 0.2) is 0 Å². The molecule has 2 rings (SSSR count). The molecule has 0 spiro atoms. The Bertz CT molecular complexity index is 246. The van der Waals surface area contributed by atoms with Gasteiger partial charge in [-0.2, -0.15) is 0 Å². The Morgan fingerprint density at radius 1 is 1.40 bits per heavy atom. The van der Waals surface area contributed by atoms with Gasteiger partial charge in [-0.25, -0.2) is 0 Å². The Morgan fingerprint density at radius 2 is 2.07 bits per heavy atom. The van der Waals surface area contributed by atoms with E-state index >= 15 is 0 Å². The molecule has 86 valence electrons. The van der Waals surface area contributed by atoms with Crippen LogP contribution in [0.4, 0.5) is 0 Å². The minimum atomic E-state index is -0.418. The predicted octanol–water partition coefficient (Wildman–Crippen LogP) is 1.72. The van der Waals surface area contributed by atoms with Crippen molar-refractivity contribution < 1.29 is 9.53 Å². The molecule has 1 N–H and O–H groups in total. The van der Waals surface area contributed by atoms with Gasteiger partial charge in [-0.05, 0) is 57.9 Å². The Hall–Kier alpha value is -0.570. The first-order chi connectivity index (χ1) is 7.16. The van der Waals surface area contributed by atoms with Gasteiger partial charge < -0.3 is 10.1 Å². The number of nitrogens with one attached hydrogen (secondary N) is 1. The van der Waals surface area contributed by atoms with Crippen LogP contribution < -0.4 is 5.32 Å². The van der Waals surface area contributed by atoms with Gasteiger partial charge in [0.2, 0.25) is 0 Å². The summed E-state index contributed by atoms with van der Waals surface area (Å²) in [5.41, 5.74) is -0.418. The largest absolute Gasteiger partial charge is 0.465 e. The third-order valence-electron chi connectivity index (χ3n) is 3.55. The maximum atomic E-state index is 11.9. The van der Waals surface area contributed by atoms with Crippen molar-refractivity contribution in [3.63, 3.8) is 0 Å². The van der Waals surface area contributed by atoms with Crippen molar-refractivity contribution in [2.45, 2.75) is 45.1 Å². The van der Waals surface area contributed by atoms with Crippen molar-refractivity contribution in [3.05, 3.63) is 0 Å². The molecule has 2 aliphatic rings. The summed E-state index contributed by atoms with van der Waals surface area (Å²) in [5.74, 6) is 1.24. The Balaban J connectivity index is 1.91. The Labute approximate surface area is 91.6 Å². The summed E-state index contributed by atoms with van der Waals surface area (Å²) >= 11 is 0. The lowest BCUT2D eigenvalue weighted by atomic mass is 9.95. The van der Waals surface area contributed by atoms with Gasteiger partial charge in [-0.1, -0.05) is 0 Å². The van der Waals surface area contributed by atoms with E-state index in [1.807, 2.05) is 13.8 Å².